The van der Waals surface area contributed by atoms with Gasteiger partial charge in [0.1, 0.15) is 5.78 Å². The minimum atomic E-state index is -1.30. The van der Waals surface area contributed by atoms with Gasteiger partial charge in [-0.1, -0.05) is 31.6 Å². The van der Waals surface area contributed by atoms with Crippen LogP contribution in [0.15, 0.2) is 36.9 Å². The van der Waals surface area contributed by atoms with Gasteiger partial charge in [0.25, 0.3) is 0 Å². The Morgan fingerprint density at radius 1 is 1.27 bits per heavy atom. The van der Waals surface area contributed by atoms with E-state index in [1.54, 1.807) is 6.08 Å². The molecule has 0 unspecified atom stereocenters. The van der Waals surface area contributed by atoms with Crippen molar-refractivity contribution >= 4 is 11.5 Å². The predicted molar refractivity (Wildman–Crippen MR) is 104 cm³/mol. The number of carbonyl (C=O) groups excluding carboxylic acids is 1. The smallest absolute Gasteiger partial charge is 0.154 e. The van der Waals surface area contributed by atoms with Gasteiger partial charge in [-0.25, -0.2) is 0 Å². The summed E-state index contributed by atoms with van der Waals surface area (Å²) in [4.78, 5) is 14.9. The Balaban J connectivity index is 2.66. The first kappa shape index (κ1) is 19.7. The fourth-order valence-electron chi connectivity index (χ4n) is 4.26. The number of rotatable bonds is 6. The summed E-state index contributed by atoms with van der Waals surface area (Å²) in [6.45, 7) is 5.68. The van der Waals surface area contributed by atoms with Crippen molar-refractivity contribution in [1.82, 2.24) is 0 Å². The average Bonchev–Trinajstić information content (AvgIpc) is 2.64. The van der Waals surface area contributed by atoms with Crippen LogP contribution in [0.5, 0.6) is 0 Å². The fraction of sp³-hybridized carbons (Fsp3) is 0.500. The van der Waals surface area contributed by atoms with Crippen molar-refractivity contribution in [3.05, 3.63) is 42.5 Å². The molecule has 0 heterocycles. The lowest BCUT2D eigenvalue weighted by molar-refractivity contribution is -0.133. The second kappa shape index (κ2) is 7.75. The highest BCUT2D eigenvalue weighted by molar-refractivity contribution is 5.86. The monoisotopic (exact) mass is 349 g/mol. The third-order valence-electron chi connectivity index (χ3n) is 5.73. The lowest BCUT2D eigenvalue weighted by Gasteiger charge is -2.44. The SMILES string of the molecule is C=CCC(C#N)(C#N)[C@H](c1ccc(N(C)C)cc1)[C@@]1(C)CCCCC1=O. The number of anilines is 1. The van der Waals surface area contributed by atoms with Crippen molar-refractivity contribution in [2.24, 2.45) is 10.8 Å². The zero-order valence-corrected chi connectivity index (χ0v) is 16.0. The van der Waals surface area contributed by atoms with E-state index in [1.807, 2.05) is 50.2 Å². The van der Waals surface area contributed by atoms with E-state index in [2.05, 4.69) is 18.7 Å². The zero-order chi connectivity index (χ0) is 19.4. The largest absolute Gasteiger partial charge is 0.378 e. The van der Waals surface area contributed by atoms with Crippen LogP contribution < -0.4 is 4.90 Å². The van der Waals surface area contributed by atoms with Crippen molar-refractivity contribution < 1.29 is 4.79 Å². The van der Waals surface area contributed by atoms with Gasteiger partial charge >= 0.3 is 0 Å². The van der Waals surface area contributed by atoms with Gasteiger partial charge < -0.3 is 4.90 Å². The van der Waals surface area contributed by atoms with E-state index in [4.69, 9.17) is 0 Å². The fourth-order valence-corrected chi connectivity index (χ4v) is 4.26. The topological polar surface area (TPSA) is 67.9 Å². The van der Waals surface area contributed by atoms with Crippen LogP contribution in [-0.4, -0.2) is 19.9 Å². The molecule has 0 N–H and O–H groups in total. The maximum absolute atomic E-state index is 12.9. The third-order valence-corrected chi connectivity index (χ3v) is 5.73. The highest BCUT2D eigenvalue weighted by Crippen LogP contribution is 2.54. The zero-order valence-electron chi connectivity index (χ0n) is 16.0. The van der Waals surface area contributed by atoms with Crippen molar-refractivity contribution in [2.75, 3.05) is 19.0 Å². The normalized spacial score (nSPS) is 21.3. The molecular formula is C22H27N3O. The molecular weight excluding hydrogens is 322 g/mol. The van der Waals surface area contributed by atoms with Crippen LogP contribution in [0, 0.1) is 33.5 Å². The molecule has 0 aromatic heterocycles. The predicted octanol–water partition coefficient (Wildman–Crippen LogP) is 4.60. The Kier molecular flexibility index (Phi) is 5.88. The van der Waals surface area contributed by atoms with Crippen LogP contribution in [0.2, 0.25) is 0 Å². The molecule has 1 aromatic rings. The van der Waals surface area contributed by atoms with Gasteiger partial charge in [0.2, 0.25) is 0 Å². The summed E-state index contributed by atoms with van der Waals surface area (Å²) < 4.78 is 0. The number of allylic oxidation sites excluding steroid dienone is 1. The lowest BCUT2D eigenvalue weighted by atomic mass is 9.55. The Hall–Kier alpha value is -2.59. The molecule has 136 valence electrons. The van der Waals surface area contributed by atoms with Gasteiger partial charge in [0.05, 0.1) is 12.1 Å². The lowest BCUT2D eigenvalue weighted by Crippen LogP contribution is -2.44. The summed E-state index contributed by atoms with van der Waals surface area (Å²) in [6.07, 6.45) is 4.90. The minimum absolute atomic E-state index is 0.157. The van der Waals surface area contributed by atoms with Gasteiger partial charge in [-0.05, 0) is 37.0 Å². The maximum Gasteiger partial charge on any atom is 0.154 e. The van der Waals surface area contributed by atoms with E-state index in [-0.39, 0.29) is 12.2 Å². The van der Waals surface area contributed by atoms with E-state index < -0.39 is 16.7 Å². The van der Waals surface area contributed by atoms with Gasteiger partial charge in [0.15, 0.2) is 5.41 Å². The first-order chi connectivity index (χ1) is 12.3. The van der Waals surface area contributed by atoms with E-state index in [1.165, 1.54) is 0 Å². The number of hydrogen-bond acceptors (Lipinski definition) is 4. The molecule has 1 aliphatic carbocycles. The first-order valence-corrected chi connectivity index (χ1v) is 9.08. The van der Waals surface area contributed by atoms with Crippen LogP contribution in [0.4, 0.5) is 5.69 Å². The molecule has 4 nitrogen and oxygen atoms in total. The summed E-state index contributed by atoms with van der Waals surface area (Å²) in [5, 5.41) is 19.9. The van der Waals surface area contributed by atoms with Crippen molar-refractivity contribution in [3.8, 4) is 12.1 Å². The average molecular weight is 349 g/mol. The summed E-state index contributed by atoms with van der Waals surface area (Å²) in [5.74, 6) is -0.323. The van der Waals surface area contributed by atoms with Crippen molar-refractivity contribution in [3.63, 3.8) is 0 Å². The number of nitriles is 2. The van der Waals surface area contributed by atoms with Crippen LogP contribution >= 0.6 is 0 Å². The molecule has 2 rings (SSSR count). The Morgan fingerprint density at radius 3 is 2.35 bits per heavy atom. The molecule has 0 bridgehead atoms. The second-order valence-electron chi connectivity index (χ2n) is 7.65. The number of benzene rings is 1. The third kappa shape index (κ3) is 3.37. The molecule has 0 radical (unpaired) electrons. The Labute approximate surface area is 156 Å². The van der Waals surface area contributed by atoms with Gasteiger partial charge in [-0.2, -0.15) is 10.5 Å². The molecule has 1 saturated carbocycles. The van der Waals surface area contributed by atoms with Gasteiger partial charge in [0, 0.05) is 37.5 Å². The van der Waals surface area contributed by atoms with Crippen LogP contribution in [-0.2, 0) is 4.79 Å². The minimum Gasteiger partial charge on any atom is -0.378 e. The molecule has 2 atom stereocenters. The van der Waals surface area contributed by atoms with E-state index in [9.17, 15) is 15.3 Å². The number of ketones is 1. The van der Waals surface area contributed by atoms with E-state index in [0.29, 0.717) is 12.8 Å². The molecule has 1 fully saturated rings. The summed E-state index contributed by atoms with van der Waals surface area (Å²) in [5.41, 5.74) is -0.107. The van der Waals surface area contributed by atoms with Crippen molar-refractivity contribution in [2.45, 2.75) is 44.9 Å². The Morgan fingerprint density at radius 2 is 1.88 bits per heavy atom. The number of Topliss-reactive ketones (excluding diaryl/α,β-unsaturated/α-hetero) is 1. The number of hydrogen-bond donors (Lipinski definition) is 0. The van der Waals surface area contributed by atoms with Crippen LogP contribution in [0.1, 0.15) is 50.5 Å². The molecule has 0 spiro atoms. The van der Waals surface area contributed by atoms with E-state index >= 15 is 0 Å². The van der Waals surface area contributed by atoms with E-state index in [0.717, 1.165) is 24.1 Å². The number of nitrogens with zero attached hydrogens (tertiary/aromatic N) is 3. The molecule has 0 aliphatic heterocycles. The standard InChI is InChI=1S/C22H27N3O/c1-5-13-22(15-23,16-24)20(21(2)14-7-6-8-19(21)26)17-9-11-18(12-10-17)25(3)4/h5,9-12,20H,1,6-8,13-14H2,2-4H3/t20-,21+/m1/s1. The summed E-state index contributed by atoms with van der Waals surface area (Å²) in [7, 11) is 3.93. The summed E-state index contributed by atoms with van der Waals surface area (Å²) >= 11 is 0. The quantitative estimate of drug-likeness (QED) is 0.704. The maximum atomic E-state index is 12.9. The molecule has 4 heteroatoms. The molecule has 26 heavy (non-hydrogen) atoms. The molecule has 1 aromatic carbocycles. The molecule has 0 amide bonds. The van der Waals surface area contributed by atoms with Gasteiger partial charge in [-0.15, -0.1) is 6.58 Å². The van der Waals surface area contributed by atoms with Crippen LogP contribution in [0.25, 0.3) is 0 Å². The first-order valence-electron chi connectivity index (χ1n) is 9.08. The molecule has 0 saturated heterocycles. The highest BCUT2D eigenvalue weighted by Gasteiger charge is 2.53. The molecule has 1 aliphatic rings. The van der Waals surface area contributed by atoms with Crippen molar-refractivity contribution in [1.29, 1.82) is 10.5 Å². The van der Waals surface area contributed by atoms with Gasteiger partial charge in [-0.3, -0.25) is 4.79 Å². The second-order valence-corrected chi connectivity index (χ2v) is 7.65. The number of carbonyl (C=O) groups is 1. The highest BCUT2D eigenvalue weighted by atomic mass is 16.1. The summed E-state index contributed by atoms with van der Waals surface area (Å²) in [6, 6.07) is 12.4. The van der Waals surface area contributed by atoms with Crippen LogP contribution in [0.3, 0.4) is 0 Å². The Bertz CT molecular complexity index is 737.